The number of carbonyl (C=O) groups excluding carboxylic acids is 1. The molecule has 0 amide bonds. The molecule has 0 N–H and O–H groups in total. The van der Waals surface area contributed by atoms with Crippen molar-refractivity contribution in [3.8, 4) is 0 Å². The minimum atomic E-state index is -5.01. The molecule has 0 aliphatic carbocycles. The van der Waals surface area contributed by atoms with E-state index in [4.69, 9.17) is 9.47 Å². The smallest absolute Gasteiger partial charge is 0.432 e. The zero-order valence-electron chi connectivity index (χ0n) is 14.9. The molecule has 1 rings (SSSR count). The van der Waals surface area contributed by atoms with Gasteiger partial charge in [0.15, 0.2) is 0 Å². The Morgan fingerprint density at radius 3 is 2.23 bits per heavy atom. The molecular formula is C20H23F3O3. The van der Waals surface area contributed by atoms with Crippen LogP contribution >= 0.6 is 0 Å². The molecule has 26 heavy (non-hydrogen) atoms. The zero-order chi connectivity index (χ0) is 20.0. The van der Waals surface area contributed by atoms with Gasteiger partial charge in [-0.15, -0.1) is 0 Å². The molecule has 1 aromatic rings. The van der Waals surface area contributed by atoms with Gasteiger partial charge in [0.1, 0.15) is 6.10 Å². The van der Waals surface area contributed by atoms with Crippen molar-refractivity contribution in [1.29, 1.82) is 0 Å². The first-order valence-corrected chi connectivity index (χ1v) is 7.94. The first-order valence-electron chi connectivity index (χ1n) is 7.94. The normalized spacial score (nSPS) is 14.8. The highest BCUT2D eigenvalue weighted by molar-refractivity contribution is 5.83. The molecule has 0 aliphatic rings. The van der Waals surface area contributed by atoms with Crippen LogP contribution in [0.1, 0.15) is 25.3 Å². The molecule has 2 atom stereocenters. The van der Waals surface area contributed by atoms with Gasteiger partial charge >= 0.3 is 12.1 Å². The van der Waals surface area contributed by atoms with Crippen molar-refractivity contribution in [1.82, 2.24) is 0 Å². The van der Waals surface area contributed by atoms with Gasteiger partial charge in [-0.2, -0.15) is 13.2 Å². The number of ether oxygens (including phenoxy) is 2. The van der Waals surface area contributed by atoms with E-state index in [2.05, 4.69) is 19.7 Å². The Hall–Kier alpha value is -2.34. The van der Waals surface area contributed by atoms with E-state index in [1.807, 2.05) is 0 Å². The number of halogens is 3. The molecule has 1 aromatic carbocycles. The molecular weight excluding hydrogens is 345 g/mol. The lowest BCUT2D eigenvalue weighted by Gasteiger charge is -2.34. The Morgan fingerprint density at radius 1 is 1.23 bits per heavy atom. The number of carbonyl (C=O) groups is 1. The van der Waals surface area contributed by atoms with Gasteiger partial charge in [-0.25, -0.2) is 4.79 Å². The van der Waals surface area contributed by atoms with Crippen molar-refractivity contribution in [3.63, 3.8) is 0 Å². The molecule has 6 heteroatoms. The van der Waals surface area contributed by atoms with Crippen LogP contribution < -0.4 is 0 Å². The van der Waals surface area contributed by atoms with Crippen LogP contribution in [0, 0.1) is 0 Å². The molecule has 0 bridgehead atoms. The van der Waals surface area contributed by atoms with Crippen molar-refractivity contribution < 1.29 is 27.4 Å². The van der Waals surface area contributed by atoms with E-state index in [-0.39, 0.29) is 12.0 Å². The molecule has 0 aromatic heterocycles. The zero-order valence-corrected chi connectivity index (χ0v) is 14.9. The number of benzene rings is 1. The second-order valence-corrected chi connectivity index (χ2v) is 5.89. The van der Waals surface area contributed by atoms with Gasteiger partial charge in [-0.05, 0) is 25.3 Å². The van der Waals surface area contributed by atoms with Crippen LogP contribution in [0.3, 0.4) is 0 Å². The topological polar surface area (TPSA) is 35.5 Å². The second-order valence-electron chi connectivity index (χ2n) is 5.89. The average molecular weight is 368 g/mol. The SMILES string of the molecule is C=CC(=C)CCC(OC(=O)C(OC)(c1ccccc1)C(F)(F)F)C(=C)C. The number of hydrogen-bond donors (Lipinski definition) is 0. The van der Waals surface area contributed by atoms with Crippen LogP contribution in [-0.2, 0) is 19.9 Å². The largest absolute Gasteiger partial charge is 0.455 e. The monoisotopic (exact) mass is 368 g/mol. The van der Waals surface area contributed by atoms with Crippen molar-refractivity contribution in [2.24, 2.45) is 0 Å². The summed E-state index contributed by atoms with van der Waals surface area (Å²) in [5.74, 6) is -1.53. The second kappa shape index (κ2) is 8.85. The number of rotatable bonds is 9. The van der Waals surface area contributed by atoms with Crippen molar-refractivity contribution in [2.45, 2.75) is 37.6 Å². The summed E-state index contributed by atoms with van der Waals surface area (Å²) < 4.78 is 51.5. The van der Waals surface area contributed by atoms with Gasteiger partial charge < -0.3 is 9.47 Å². The molecule has 0 aliphatic heterocycles. The Morgan fingerprint density at radius 2 is 1.81 bits per heavy atom. The molecule has 0 heterocycles. The number of alkyl halides is 3. The molecule has 0 saturated carbocycles. The lowest BCUT2D eigenvalue weighted by atomic mass is 9.92. The molecule has 142 valence electrons. The van der Waals surface area contributed by atoms with Crippen LogP contribution in [0.5, 0.6) is 0 Å². The Kier molecular flexibility index (Phi) is 7.39. The third-order valence-corrected chi connectivity index (χ3v) is 3.99. The minimum Gasteiger partial charge on any atom is -0.455 e. The first kappa shape index (κ1) is 21.7. The first-order chi connectivity index (χ1) is 12.1. The summed E-state index contributed by atoms with van der Waals surface area (Å²) in [7, 11) is 0.830. The number of hydrogen-bond acceptors (Lipinski definition) is 3. The highest BCUT2D eigenvalue weighted by Crippen LogP contribution is 2.43. The maximum atomic E-state index is 13.9. The lowest BCUT2D eigenvalue weighted by molar-refractivity contribution is -0.277. The van der Waals surface area contributed by atoms with E-state index in [1.54, 1.807) is 13.0 Å². The molecule has 0 radical (unpaired) electrons. The summed E-state index contributed by atoms with van der Waals surface area (Å²) in [6.07, 6.45) is -3.72. The number of methoxy groups -OCH3 is 1. The van der Waals surface area contributed by atoms with E-state index in [1.165, 1.54) is 30.3 Å². The highest BCUT2D eigenvalue weighted by Gasteiger charge is 2.64. The maximum absolute atomic E-state index is 13.9. The molecule has 0 spiro atoms. The van der Waals surface area contributed by atoms with Gasteiger partial charge in [0, 0.05) is 12.7 Å². The summed E-state index contributed by atoms with van der Waals surface area (Å²) >= 11 is 0. The minimum absolute atomic E-state index is 0.248. The predicted octanol–water partition coefficient (Wildman–Crippen LogP) is 5.10. The Labute approximate surface area is 151 Å². The number of esters is 1. The predicted molar refractivity (Wildman–Crippen MR) is 94.4 cm³/mol. The summed E-state index contributed by atoms with van der Waals surface area (Å²) in [4.78, 5) is 12.6. The van der Waals surface area contributed by atoms with Crippen LogP contribution in [0.25, 0.3) is 0 Å². The summed E-state index contributed by atoms with van der Waals surface area (Å²) in [5, 5.41) is 0. The Balaban J connectivity index is 3.22. The van der Waals surface area contributed by atoms with E-state index in [0.717, 1.165) is 7.11 Å². The molecule has 0 saturated heterocycles. The summed E-state index contributed by atoms with van der Waals surface area (Å²) in [5.41, 5.74) is -2.45. The average Bonchev–Trinajstić information content (AvgIpc) is 2.58. The standard InChI is InChI=1S/C20H23F3O3/c1-6-15(4)12-13-17(14(2)3)26-18(24)19(25-5,20(21,22)23)16-10-8-7-9-11-16/h6-11,17H,1-2,4,12-13H2,3,5H3. The third-order valence-electron chi connectivity index (χ3n) is 3.99. The lowest BCUT2D eigenvalue weighted by Crippen LogP contribution is -2.52. The van der Waals surface area contributed by atoms with Crippen LogP contribution in [0.4, 0.5) is 13.2 Å². The quantitative estimate of drug-likeness (QED) is 0.346. The fourth-order valence-corrected chi connectivity index (χ4v) is 2.42. The van der Waals surface area contributed by atoms with Crippen molar-refractivity contribution in [3.05, 3.63) is 72.9 Å². The van der Waals surface area contributed by atoms with E-state index in [0.29, 0.717) is 17.6 Å². The summed E-state index contributed by atoms with van der Waals surface area (Å²) in [6.45, 7) is 12.6. The van der Waals surface area contributed by atoms with Gasteiger partial charge in [0.2, 0.25) is 0 Å². The number of allylic oxidation sites excluding steroid dienone is 2. The van der Waals surface area contributed by atoms with Crippen molar-refractivity contribution >= 4 is 5.97 Å². The molecule has 0 fully saturated rings. The van der Waals surface area contributed by atoms with Gasteiger partial charge in [-0.1, -0.05) is 61.7 Å². The van der Waals surface area contributed by atoms with Gasteiger partial charge in [0.05, 0.1) is 0 Å². The third kappa shape index (κ3) is 4.64. The fraction of sp³-hybridized carbons (Fsp3) is 0.350. The molecule has 3 nitrogen and oxygen atoms in total. The maximum Gasteiger partial charge on any atom is 0.432 e. The van der Waals surface area contributed by atoms with Crippen LogP contribution in [-0.4, -0.2) is 25.4 Å². The van der Waals surface area contributed by atoms with Crippen molar-refractivity contribution in [2.75, 3.05) is 7.11 Å². The van der Waals surface area contributed by atoms with Gasteiger partial charge in [-0.3, -0.25) is 0 Å². The summed E-state index contributed by atoms with van der Waals surface area (Å²) in [6, 6.07) is 6.68. The van der Waals surface area contributed by atoms with E-state index < -0.39 is 23.9 Å². The Bertz CT molecular complexity index is 665. The van der Waals surface area contributed by atoms with E-state index >= 15 is 0 Å². The fourth-order valence-electron chi connectivity index (χ4n) is 2.42. The van der Waals surface area contributed by atoms with Crippen LogP contribution in [0.2, 0.25) is 0 Å². The van der Waals surface area contributed by atoms with Gasteiger partial charge in [0.25, 0.3) is 5.60 Å². The highest BCUT2D eigenvalue weighted by atomic mass is 19.4. The van der Waals surface area contributed by atoms with E-state index in [9.17, 15) is 18.0 Å². The molecule has 2 unspecified atom stereocenters. The van der Waals surface area contributed by atoms with Crippen LogP contribution in [0.15, 0.2) is 67.3 Å².